The van der Waals surface area contributed by atoms with Crippen LogP contribution in [0.2, 0.25) is 0 Å². The number of hydrogen-bond acceptors (Lipinski definition) is 7. The van der Waals surface area contributed by atoms with Crippen LogP contribution in [-0.4, -0.2) is 40.1 Å². The van der Waals surface area contributed by atoms with Crippen molar-refractivity contribution >= 4 is 23.4 Å². The molecule has 0 radical (unpaired) electrons. The van der Waals surface area contributed by atoms with Gasteiger partial charge in [0.05, 0.1) is 19.5 Å². The van der Waals surface area contributed by atoms with Crippen LogP contribution in [0.5, 0.6) is 17.2 Å². The van der Waals surface area contributed by atoms with Gasteiger partial charge in [-0.05, 0) is 64.1 Å². The van der Waals surface area contributed by atoms with E-state index in [4.69, 9.17) is 14.2 Å². The highest BCUT2D eigenvalue weighted by Gasteiger charge is 2.23. The van der Waals surface area contributed by atoms with Crippen molar-refractivity contribution in [1.29, 1.82) is 0 Å². The van der Waals surface area contributed by atoms with E-state index in [1.807, 2.05) is 80.8 Å². The third-order valence-corrected chi connectivity index (χ3v) is 5.67. The molecular weight excluding hydrogens is 440 g/mol. The summed E-state index contributed by atoms with van der Waals surface area (Å²) in [7, 11) is 1.61. The van der Waals surface area contributed by atoms with Gasteiger partial charge in [-0.2, -0.15) is 0 Å². The lowest BCUT2D eigenvalue weighted by molar-refractivity contribution is -0.113. The van der Waals surface area contributed by atoms with Crippen molar-refractivity contribution in [3.63, 3.8) is 0 Å². The van der Waals surface area contributed by atoms with E-state index in [0.717, 1.165) is 5.75 Å². The normalized spacial score (nSPS) is 11.8. The Bertz CT molecular complexity index is 1050. The number of carbonyl (C=O) groups excluding carboxylic acids is 1. The van der Waals surface area contributed by atoms with E-state index in [1.54, 1.807) is 7.11 Å². The lowest BCUT2D eigenvalue weighted by Gasteiger charge is -2.19. The van der Waals surface area contributed by atoms with Crippen molar-refractivity contribution in [1.82, 2.24) is 14.8 Å². The molecule has 3 aromatic rings. The Labute approximate surface area is 198 Å². The monoisotopic (exact) mass is 470 g/mol. The molecule has 1 aromatic heterocycles. The van der Waals surface area contributed by atoms with Gasteiger partial charge in [0.1, 0.15) is 5.75 Å². The van der Waals surface area contributed by atoms with Crippen LogP contribution in [0.4, 0.5) is 5.69 Å². The Morgan fingerprint density at radius 2 is 1.76 bits per heavy atom. The fraction of sp³-hybridized carbons (Fsp3) is 0.375. The SMILES string of the molecule is CCOc1ccc(NC(=O)CSc2nnc(C(C)Oc3ccccc3OC)n2C(C)C)cc1. The molecule has 1 heterocycles. The molecule has 0 bridgehead atoms. The van der Waals surface area contributed by atoms with E-state index >= 15 is 0 Å². The highest BCUT2D eigenvalue weighted by molar-refractivity contribution is 7.99. The molecule has 0 saturated carbocycles. The summed E-state index contributed by atoms with van der Waals surface area (Å²) in [5.41, 5.74) is 0.717. The molecule has 3 rings (SSSR count). The number of benzene rings is 2. The van der Waals surface area contributed by atoms with E-state index in [-0.39, 0.29) is 23.8 Å². The number of hydrogen-bond donors (Lipinski definition) is 1. The summed E-state index contributed by atoms with van der Waals surface area (Å²) in [6.07, 6.45) is -0.358. The van der Waals surface area contributed by atoms with Crippen LogP contribution in [0.15, 0.2) is 53.7 Å². The number of para-hydroxylation sites is 2. The minimum Gasteiger partial charge on any atom is -0.494 e. The van der Waals surface area contributed by atoms with Crippen molar-refractivity contribution in [2.75, 3.05) is 24.8 Å². The molecule has 9 heteroatoms. The molecule has 0 fully saturated rings. The van der Waals surface area contributed by atoms with Gasteiger partial charge in [-0.3, -0.25) is 4.79 Å². The van der Waals surface area contributed by atoms with E-state index < -0.39 is 0 Å². The Balaban J connectivity index is 1.65. The summed E-state index contributed by atoms with van der Waals surface area (Å²) in [4.78, 5) is 12.5. The second-order valence-corrected chi connectivity index (χ2v) is 8.45. The third kappa shape index (κ3) is 6.41. The van der Waals surface area contributed by atoms with Gasteiger partial charge in [0.15, 0.2) is 28.6 Å². The maximum atomic E-state index is 12.5. The molecule has 176 valence electrons. The quantitative estimate of drug-likeness (QED) is 0.388. The lowest BCUT2D eigenvalue weighted by atomic mass is 10.3. The van der Waals surface area contributed by atoms with Gasteiger partial charge in [-0.15, -0.1) is 10.2 Å². The largest absolute Gasteiger partial charge is 0.494 e. The maximum absolute atomic E-state index is 12.5. The van der Waals surface area contributed by atoms with Gasteiger partial charge in [-0.25, -0.2) is 0 Å². The summed E-state index contributed by atoms with van der Waals surface area (Å²) in [6.45, 7) is 8.55. The fourth-order valence-corrected chi connectivity index (χ4v) is 4.11. The molecule has 0 aliphatic carbocycles. The summed E-state index contributed by atoms with van der Waals surface area (Å²) in [5, 5.41) is 12.2. The Hall–Kier alpha value is -3.20. The number of methoxy groups -OCH3 is 1. The number of ether oxygens (including phenoxy) is 3. The smallest absolute Gasteiger partial charge is 0.234 e. The number of rotatable bonds is 11. The molecule has 0 aliphatic rings. The van der Waals surface area contributed by atoms with Gasteiger partial charge in [0.2, 0.25) is 5.91 Å². The van der Waals surface area contributed by atoms with Crippen LogP contribution in [0.25, 0.3) is 0 Å². The molecule has 33 heavy (non-hydrogen) atoms. The zero-order chi connectivity index (χ0) is 23.8. The van der Waals surface area contributed by atoms with Crippen LogP contribution in [-0.2, 0) is 4.79 Å². The van der Waals surface area contributed by atoms with Crippen LogP contribution >= 0.6 is 11.8 Å². The predicted octanol–water partition coefficient (Wildman–Crippen LogP) is 5.14. The van der Waals surface area contributed by atoms with E-state index in [0.29, 0.717) is 34.8 Å². The Morgan fingerprint density at radius 1 is 1.06 bits per heavy atom. The van der Waals surface area contributed by atoms with E-state index in [2.05, 4.69) is 15.5 Å². The fourth-order valence-electron chi connectivity index (χ4n) is 3.24. The Morgan fingerprint density at radius 3 is 2.39 bits per heavy atom. The number of nitrogens with zero attached hydrogens (tertiary/aromatic N) is 3. The molecule has 0 saturated heterocycles. The number of carbonyl (C=O) groups is 1. The van der Waals surface area contributed by atoms with E-state index in [9.17, 15) is 4.79 Å². The highest BCUT2D eigenvalue weighted by atomic mass is 32.2. The molecule has 0 spiro atoms. The molecular formula is C24H30N4O4S. The van der Waals surface area contributed by atoms with Crippen molar-refractivity contribution < 1.29 is 19.0 Å². The molecule has 1 atom stereocenters. The van der Waals surface area contributed by atoms with Gasteiger partial charge >= 0.3 is 0 Å². The summed E-state index contributed by atoms with van der Waals surface area (Å²) in [6, 6.07) is 14.9. The maximum Gasteiger partial charge on any atom is 0.234 e. The zero-order valence-electron chi connectivity index (χ0n) is 19.6. The average Bonchev–Trinajstić information content (AvgIpc) is 3.24. The summed E-state index contributed by atoms with van der Waals surface area (Å²) in [5.74, 6) is 2.83. The number of thioether (sulfide) groups is 1. The van der Waals surface area contributed by atoms with Gasteiger partial charge in [0.25, 0.3) is 0 Å². The van der Waals surface area contributed by atoms with Crippen LogP contribution < -0.4 is 19.5 Å². The average molecular weight is 471 g/mol. The highest BCUT2D eigenvalue weighted by Crippen LogP contribution is 2.32. The molecule has 1 N–H and O–H groups in total. The van der Waals surface area contributed by atoms with Gasteiger partial charge in [0, 0.05) is 11.7 Å². The Kier molecular flexibility index (Phi) is 8.59. The van der Waals surface area contributed by atoms with Crippen molar-refractivity contribution in [2.45, 2.75) is 45.0 Å². The predicted molar refractivity (Wildman–Crippen MR) is 129 cm³/mol. The first kappa shape index (κ1) is 24.4. The first-order valence-electron chi connectivity index (χ1n) is 10.8. The van der Waals surface area contributed by atoms with Crippen LogP contribution in [0, 0.1) is 0 Å². The lowest BCUT2D eigenvalue weighted by Crippen LogP contribution is -2.16. The summed E-state index contributed by atoms with van der Waals surface area (Å²) < 4.78 is 18.9. The number of nitrogens with one attached hydrogen (secondary N) is 1. The van der Waals surface area contributed by atoms with Gasteiger partial charge in [-0.1, -0.05) is 23.9 Å². The van der Waals surface area contributed by atoms with Crippen molar-refractivity contribution in [2.24, 2.45) is 0 Å². The number of anilines is 1. The van der Waals surface area contributed by atoms with E-state index in [1.165, 1.54) is 11.8 Å². The first-order chi connectivity index (χ1) is 15.9. The molecule has 1 amide bonds. The van der Waals surface area contributed by atoms with Gasteiger partial charge < -0.3 is 24.1 Å². The first-order valence-corrected chi connectivity index (χ1v) is 11.8. The third-order valence-electron chi connectivity index (χ3n) is 4.73. The molecule has 0 aliphatic heterocycles. The number of aromatic nitrogens is 3. The molecule has 8 nitrogen and oxygen atoms in total. The zero-order valence-corrected chi connectivity index (χ0v) is 20.4. The van der Waals surface area contributed by atoms with Crippen LogP contribution in [0.3, 0.4) is 0 Å². The topological polar surface area (TPSA) is 87.5 Å². The van der Waals surface area contributed by atoms with Crippen molar-refractivity contribution in [3.8, 4) is 17.2 Å². The second-order valence-electron chi connectivity index (χ2n) is 7.51. The van der Waals surface area contributed by atoms with Crippen LogP contribution in [0.1, 0.15) is 45.7 Å². The minimum atomic E-state index is -0.358. The standard InChI is InChI=1S/C24H30N4O4S/c1-6-31-19-13-11-18(12-14-19)25-22(29)15-33-24-27-26-23(28(24)16(2)3)17(4)32-21-10-8-7-9-20(21)30-5/h7-14,16-17H,6,15H2,1-5H3,(H,25,29). The second kappa shape index (κ2) is 11.6. The molecule has 2 aromatic carbocycles. The van der Waals surface area contributed by atoms with Crippen molar-refractivity contribution in [3.05, 3.63) is 54.4 Å². The summed E-state index contributed by atoms with van der Waals surface area (Å²) >= 11 is 1.34. The minimum absolute atomic E-state index is 0.0930. The number of amides is 1. The molecule has 1 unspecified atom stereocenters.